The summed E-state index contributed by atoms with van der Waals surface area (Å²) in [4.78, 5) is 13.2. The Labute approximate surface area is 158 Å². The number of fused-ring (bicyclic) bond motifs is 3. The highest BCUT2D eigenvalue weighted by molar-refractivity contribution is 9.10. The van der Waals surface area contributed by atoms with E-state index in [0.29, 0.717) is 17.3 Å². The number of pyridine rings is 3. The van der Waals surface area contributed by atoms with E-state index in [-0.39, 0.29) is 0 Å². The van der Waals surface area contributed by atoms with E-state index in [4.69, 9.17) is 15.2 Å². The fourth-order valence-electron chi connectivity index (χ4n) is 2.96. The number of benzene rings is 1. The summed E-state index contributed by atoms with van der Waals surface area (Å²) < 4.78 is 11.7. The lowest BCUT2D eigenvalue weighted by atomic mass is 10.0. The van der Waals surface area contributed by atoms with Crippen LogP contribution in [0.15, 0.2) is 47.3 Å². The maximum absolute atomic E-state index is 6.21. The van der Waals surface area contributed by atoms with Crippen molar-refractivity contribution in [3.05, 3.63) is 47.3 Å². The average Bonchev–Trinajstić information content (AvgIpc) is 2.66. The summed E-state index contributed by atoms with van der Waals surface area (Å²) in [5, 5.41) is 2.65. The second-order valence-electron chi connectivity index (χ2n) is 5.73. The van der Waals surface area contributed by atoms with Gasteiger partial charge in [-0.3, -0.25) is 9.97 Å². The topological polar surface area (TPSA) is 83.2 Å². The van der Waals surface area contributed by atoms with Crippen LogP contribution in [0.4, 0.5) is 5.82 Å². The molecule has 4 rings (SSSR count). The van der Waals surface area contributed by atoms with Crippen molar-refractivity contribution in [3.8, 4) is 22.8 Å². The van der Waals surface area contributed by atoms with Crippen molar-refractivity contribution in [2.24, 2.45) is 0 Å². The Hall–Kier alpha value is -2.93. The van der Waals surface area contributed by atoms with Crippen molar-refractivity contribution >= 4 is 43.4 Å². The van der Waals surface area contributed by atoms with E-state index in [2.05, 4.69) is 30.9 Å². The Morgan fingerprint density at radius 1 is 0.885 bits per heavy atom. The number of rotatable bonds is 3. The van der Waals surface area contributed by atoms with Crippen LogP contribution in [0.3, 0.4) is 0 Å². The molecule has 0 aliphatic rings. The van der Waals surface area contributed by atoms with Gasteiger partial charge in [-0.15, -0.1) is 0 Å². The van der Waals surface area contributed by atoms with Crippen LogP contribution >= 0.6 is 15.9 Å². The van der Waals surface area contributed by atoms with E-state index in [9.17, 15) is 0 Å². The van der Waals surface area contributed by atoms with Crippen LogP contribution in [-0.2, 0) is 0 Å². The predicted molar refractivity (Wildman–Crippen MR) is 105 cm³/mol. The van der Waals surface area contributed by atoms with Crippen LogP contribution in [0.1, 0.15) is 0 Å². The zero-order chi connectivity index (χ0) is 18.3. The van der Waals surface area contributed by atoms with Gasteiger partial charge in [-0.2, -0.15) is 0 Å². The van der Waals surface area contributed by atoms with Crippen molar-refractivity contribution in [1.82, 2.24) is 15.0 Å². The van der Waals surface area contributed by atoms with Gasteiger partial charge in [-0.25, -0.2) is 4.98 Å². The van der Waals surface area contributed by atoms with Gasteiger partial charge in [0, 0.05) is 45.5 Å². The van der Waals surface area contributed by atoms with E-state index >= 15 is 0 Å². The summed E-state index contributed by atoms with van der Waals surface area (Å²) in [6.07, 6.45) is 5.21. The Morgan fingerprint density at radius 3 is 2.38 bits per heavy atom. The maximum Gasteiger partial charge on any atom is 0.162 e. The monoisotopic (exact) mass is 410 g/mol. The number of hydrogen-bond donors (Lipinski definition) is 1. The molecular weight excluding hydrogens is 396 g/mol. The SMILES string of the molecule is COc1cc2ncc3c(N)nc(-c4cncc(Br)c4)cc3c2cc1OC. The van der Waals surface area contributed by atoms with E-state index in [1.54, 1.807) is 32.8 Å². The Kier molecular flexibility index (Phi) is 4.08. The van der Waals surface area contributed by atoms with Crippen molar-refractivity contribution in [2.45, 2.75) is 0 Å². The molecule has 3 heterocycles. The summed E-state index contributed by atoms with van der Waals surface area (Å²) >= 11 is 3.44. The largest absolute Gasteiger partial charge is 0.493 e. The fraction of sp³-hybridized carbons (Fsp3) is 0.105. The summed E-state index contributed by atoms with van der Waals surface area (Å²) in [5.74, 6) is 1.68. The molecule has 0 fully saturated rings. The van der Waals surface area contributed by atoms with Crippen LogP contribution in [0.5, 0.6) is 11.5 Å². The van der Waals surface area contributed by atoms with Gasteiger partial charge in [-0.05, 0) is 39.5 Å². The first-order valence-corrected chi connectivity index (χ1v) is 8.62. The van der Waals surface area contributed by atoms with E-state index in [1.165, 1.54) is 0 Å². The number of nitrogens with zero attached hydrogens (tertiary/aromatic N) is 3. The molecule has 0 aliphatic heterocycles. The minimum absolute atomic E-state index is 0.418. The number of anilines is 1. The number of nitrogens with two attached hydrogens (primary N) is 1. The summed E-state index contributed by atoms with van der Waals surface area (Å²) in [6.45, 7) is 0. The molecule has 26 heavy (non-hydrogen) atoms. The Bertz CT molecular complexity index is 1150. The minimum atomic E-state index is 0.418. The van der Waals surface area contributed by atoms with E-state index in [0.717, 1.165) is 37.4 Å². The molecule has 6 nitrogen and oxygen atoms in total. The lowest BCUT2D eigenvalue weighted by Gasteiger charge is -2.12. The molecular formula is C19H15BrN4O2. The zero-order valence-corrected chi connectivity index (χ0v) is 15.7. The molecule has 0 saturated carbocycles. The molecule has 0 radical (unpaired) electrons. The van der Waals surface area contributed by atoms with Gasteiger partial charge < -0.3 is 15.2 Å². The van der Waals surface area contributed by atoms with Crippen molar-refractivity contribution < 1.29 is 9.47 Å². The maximum atomic E-state index is 6.21. The highest BCUT2D eigenvalue weighted by atomic mass is 79.9. The smallest absolute Gasteiger partial charge is 0.162 e. The first-order chi connectivity index (χ1) is 12.6. The van der Waals surface area contributed by atoms with Crippen molar-refractivity contribution in [1.29, 1.82) is 0 Å². The number of hydrogen-bond acceptors (Lipinski definition) is 6. The van der Waals surface area contributed by atoms with Crippen LogP contribution in [0.2, 0.25) is 0 Å². The zero-order valence-electron chi connectivity index (χ0n) is 14.2. The van der Waals surface area contributed by atoms with Crippen LogP contribution < -0.4 is 15.2 Å². The average molecular weight is 411 g/mol. The highest BCUT2D eigenvalue weighted by Crippen LogP contribution is 2.37. The van der Waals surface area contributed by atoms with Gasteiger partial charge >= 0.3 is 0 Å². The van der Waals surface area contributed by atoms with Gasteiger partial charge in [-0.1, -0.05) is 0 Å². The van der Waals surface area contributed by atoms with E-state index in [1.807, 2.05) is 24.3 Å². The van der Waals surface area contributed by atoms with Gasteiger partial charge in [0.05, 0.1) is 25.4 Å². The molecule has 0 aliphatic carbocycles. The molecule has 0 bridgehead atoms. The molecule has 3 aromatic heterocycles. The normalized spacial score (nSPS) is 11.0. The third-order valence-electron chi connectivity index (χ3n) is 4.21. The third kappa shape index (κ3) is 2.70. The first kappa shape index (κ1) is 16.5. The van der Waals surface area contributed by atoms with Gasteiger partial charge in [0.2, 0.25) is 0 Å². The number of ether oxygens (including phenoxy) is 2. The standard InChI is InChI=1S/C19H15BrN4O2/c1-25-17-5-13-12-4-15(10-3-11(20)8-22-7-10)24-19(21)14(12)9-23-16(13)6-18(17)26-2/h3-9H,1-2H3,(H2,21,24). The number of nitrogen functional groups attached to an aromatic ring is 1. The number of methoxy groups -OCH3 is 2. The molecule has 0 atom stereocenters. The quantitative estimate of drug-likeness (QED) is 0.509. The Balaban J connectivity index is 2.05. The molecule has 7 heteroatoms. The van der Waals surface area contributed by atoms with Crippen LogP contribution in [0, 0.1) is 0 Å². The van der Waals surface area contributed by atoms with Gasteiger partial charge in [0.1, 0.15) is 5.82 Å². The second-order valence-corrected chi connectivity index (χ2v) is 6.64. The van der Waals surface area contributed by atoms with Crippen molar-refractivity contribution in [2.75, 3.05) is 20.0 Å². The number of halogens is 1. The highest BCUT2D eigenvalue weighted by Gasteiger charge is 2.13. The Morgan fingerprint density at radius 2 is 1.65 bits per heavy atom. The van der Waals surface area contributed by atoms with Crippen LogP contribution in [-0.4, -0.2) is 29.2 Å². The van der Waals surface area contributed by atoms with Crippen molar-refractivity contribution in [3.63, 3.8) is 0 Å². The second kappa shape index (κ2) is 6.42. The van der Waals surface area contributed by atoms with Gasteiger partial charge in [0.25, 0.3) is 0 Å². The molecule has 0 saturated heterocycles. The third-order valence-corrected chi connectivity index (χ3v) is 4.65. The summed E-state index contributed by atoms with van der Waals surface area (Å²) in [7, 11) is 3.21. The van der Waals surface area contributed by atoms with Crippen LogP contribution in [0.25, 0.3) is 32.9 Å². The lowest BCUT2D eigenvalue weighted by molar-refractivity contribution is 0.356. The van der Waals surface area contributed by atoms with E-state index < -0.39 is 0 Å². The number of aromatic nitrogens is 3. The predicted octanol–water partition coefficient (Wildman–Crippen LogP) is 4.21. The fourth-order valence-corrected chi connectivity index (χ4v) is 3.32. The molecule has 1 aromatic carbocycles. The minimum Gasteiger partial charge on any atom is -0.493 e. The van der Waals surface area contributed by atoms with Gasteiger partial charge in [0.15, 0.2) is 11.5 Å². The lowest BCUT2D eigenvalue weighted by Crippen LogP contribution is -1.97. The molecule has 4 aromatic rings. The molecule has 0 amide bonds. The molecule has 0 spiro atoms. The summed E-state index contributed by atoms with van der Waals surface area (Å²) in [5.41, 5.74) is 8.62. The first-order valence-electron chi connectivity index (χ1n) is 7.82. The summed E-state index contributed by atoms with van der Waals surface area (Å²) in [6, 6.07) is 7.70. The molecule has 2 N–H and O–H groups in total. The molecule has 130 valence electrons. The molecule has 0 unspecified atom stereocenters.